The monoisotopic (exact) mass is 581 g/mol. The van der Waals surface area contributed by atoms with Crippen LogP contribution >= 0.6 is 0 Å². The number of primary amides is 1. The van der Waals surface area contributed by atoms with Gasteiger partial charge in [0, 0.05) is 43.2 Å². The van der Waals surface area contributed by atoms with Crippen LogP contribution in [0.15, 0.2) is 78.9 Å². The van der Waals surface area contributed by atoms with E-state index in [-0.39, 0.29) is 11.7 Å². The van der Waals surface area contributed by atoms with Gasteiger partial charge >= 0.3 is 6.09 Å². The van der Waals surface area contributed by atoms with Crippen molar-refractivity contribution in [2.75, 3.05) is 32.2 Å². The van der Waals surface area contributed by atoms with Crippen LogP contribution in [0.5, 0.6) is 17.2 Å². The van der Waals surface area contributed by atoms with Crippen LogP contribution in [-0.4, -0.2) is 39.5 Å². The molecule has 0 saturated carbocycles. The Morgan fingerprint density at radius 1 is 0.930 bits per heavy atom. The van der Waals surface area contributed by atoms with Gasteiger partial charge in [0.2, 0.25) is 0 Å². The van der Waals surface area contributed by atoms with Gasteiger partial charge in [0.25, 0.3) is 0 Å². The SMILES string of the molecule is COc1ccc(-c2c(OC)cc(N3CCC(OC(N)=O)CC3)cc2-c2ccc(C#N)c(F)c2)cc1OCc1ccccc1. The maximum Gasteiger partial charge on any atom is 0.404 e. The van der Waals surface area contributed by atoms with E-state index in [1.807, 2.05) is 66.7 Å². The van der Waals surface area contributed by atoms with Crippen LogP contribution in [-0.2, 0) is 11.3 Å². The largest absolute Gasteiger partial charge is 0.496 e. The molecule has 8 nitrogen and oxygen atoms in total. The summed E-state index contributed by atoms with van der Waals surface area (Å²) in [5.74, 6) is 1.08. The second-order valence-electron chi connectivity index (χ2n) is 10.1. The molecule has 4 aromatic rings. The maximum atomic E-state index is 14.9. The summed E-state index contributed by atoms with van der Waals surface area (Å²) in [5, 5.41) is 9.32. The normalized spacial score (nSPS) is 13.2. The average Bonchev–Trinajstić information content (AvgIpc) is 3.03. The van der Waals surface area contributed by atoms with Crippen molar-refractivity contribution in [2.24, 2.45) is 5.73 Å². The number of carbonyl (C=O) groups is 1. The molecule has 4 aromatic carbocycles. The molecule has 1 amide bonds. The highest BCUT2D eigenvalue weighted by molar-refractivity contribution is 5.91. The summed E-state index contributed by atoms with van der Waals surface area (Å²) >= 11 is 0. The Balaban J connectivity index is 1.59. The summed E-state index contributed by atoms with van der Waals surface area (Å²) in [4.78, 5) is 13.4. The van der Waals surface area contributed by atoms with Crippen LogP contribution in [0.25, 0.3) is 22.3 Å². The Kier molecular flexibility index (Phi) is 8.96. The number of piperidine rings is 1. The zero-order chi connectivity index (χ0) is 30.3. The molecule has 43 heavy (non-hydrogen) atoms. The number of amides is 1. The minimum atomic E-state index is -0.777. The highest BCUT2D eigenvalue weighted by atomic mass is 19.1. The third-order valence-corrected chi connectivity index (χ3v) is 7.49. The minimum Gasteiger partial charge on any atom is -0.496 e. The van der Waals surface area contributed by atoms with Crippen molar-refractivity contribution in [3.63, 3.8) is 0 Å². The van der Waals surface area contributed by atoms with E-state index in [1.54, 1.807) is 20.3 Å². The van der Waals surface area contributed by atoms with Crippen LogP contribution < -0.4 is 24.8 Å². The van der Waals surface area contributed by atoms with Crippen LogP contribution in [0.3, 0.4) is 0 Å². The molecule has 0 radical (unpaired) electrons. The van der Waals surface area contributed by atoms with E-state index in [4.69, 9.17) is 24.7 Å². The zero-order valence-electron chi connectivity index (χ0n) is 24.0. The molecule has 0 aromatic heterocycles. The Labute approximate surface area is 250 Å². The first-order chi connectivity index (χ1) is 20.9. The quantitative estimate of drug-likeness (QED) is 0.235. The lowest BCUT2D eigenvalue weighted by Gasteiger charge is -2.34. The zero-order valence-corrected chi connectivity index (χ0v) is 24.0. The van der Waals surface area contributed by atoms with Crippen molar-refractivity contribution < 1.29 is 28.1 Å². The van der Waals surface area contributed by atoms with Gasteiger partial charge in [-0.2, -0.15) is 5.26 Å². The van der Waals surface area contributed by atoms with Gasteiger partial charge in [0.1, 0.15) is 30.3 Å². The van der Waals surface area contributed by atoms with Gasteiger partial charge in [-0.25, -0.2) is 9.18 Å². The molecule has 0 spiro atoms. The molecule has 1 saturated heterocycles. The van der Waals surface area contributed by atoms with Crippen molar-refractivity contribution >= 4 is 11.8 Å². The fourth-order valence-electron chi connectivity index (χ4n) is 5.32. The van der Waals surface area contributed by atoms with E-state index in [0.29, 0.717) is 60.9 Å². The molecule has 1 heterocycles. The molecule has 2 N–H and O–H groups in total. The molecular weight excluding hydrogens is 549 g/mol. The fraction of sp³-hybridized carbons (Fsp3) is 0.235. The van der Waals surface area contributed by atoms with Crippen LogP contribution in [0.1, 0.15) is 24.0 Å². The molecular formula is C34H32FN3O5. The molecule has 0 atom stereocenters. The number of nitrogens with two attached hydrogens (primary N) is 1. The van der Waals surface area contributed by atoms with Crippen molar-refractivity contribution in [1.82, 2.24) is 0 Å². The minimum absolute atomic E-state index is 0.0361. The summed E-state index contributed by atoms with van der Waals surface area (Å²) in [6.45, 7) is 1.60. The lowest BCUT2D eigenvalue weighted by atomic mass is 9.91. The first kappa shape index (κ1) is 29.3. The number of carbonyl (C=O) groups excluding carboxylic acids is 1. The molecule has 1 aliphatic rings. The predicted octanol–water partition coefficient (Wildman–Crippen LogP) is 6.69. The van der Waals surface area contributed by atoms with Gasteiger partial charge < -0.3 is 29.6 Å². The van der Waals surface area contributed by atoms with Gasteiger partial charge in [0.05, 0.1) is 19.8 Å². The molecule has 0 unspecified atom stereocenters. The van der Waals surface area contributed by atoms with E-state index >= 15 is 0 Å². The van der Waals surface area contributed by atoms with Crippen LogP contribution in [0.2, 0.25) is 0 Å². The highest BCUT2D eigenvalue weighted by Gasteiger charge is 2.25. The van der Waals surface area contributed by atoms with Crippen LogP contribution in [0, 0.1) is 17.1 Å². The van der Waals surface area contributed by atoms with Gasteiger partial charge in [0.15, 0.2) is 11.5 Å². The van der Waals surface area contributed by atoms with Crippen molar-refractivity contribution in [3.05, 3.63) is 95.8 Å². The third-order valence-electron chi connectivity index (χ3n) is 7.49. The lowest BCUT2D eigenvalue weighted by molar-refractivity contribution is 0.0912. The van der Waals surface area contributed by atoms with Crippen molar-refractivity contribution in [3.8, 4) is 45.6 Å². The van der Waals surface area contributed by atoms with E-state index in [2.05, 4.69) is 4.90 Å². The number of benzene rings is 4. The summed E-state index contributed by atoms with van der Waals surface area (Å²) < 4.78 is 37.8. The number of nitrogens with zero attached hydrogens (tertiary/aromatic N) is 2. The molecule has 1 fully saturated rings. The molecule has 0 aliphatic carbocycles. The molecule has 9 heteroatoms. The Hall–Kier alpha value is -5.23. The smallest absolute Gasteiger partial charge is 0.404 e. The van der Waals surface area contributed by atoms with Gasteiger partial charge in [-0.3, -0.25) is 0 Å². The highest BCUT2D eigenvalue weighted by Crippen LogP contribution is 2.45. The summed E-state index contributed by atoms with van der Waals surface area (Å²) in [5.41, 5.74) is 9.86. The Bertz CT molecular complexity index is 1650. The van der Waals surface area contributed by atoms with E-state index in [0.717, 1.165) is 22.4 Å². The summed E-state index contributed by atoms with van der Waals surface area (Å²) in [7, 11) is 3.18. The van der Waals surface area contributed by atoms with Crippen LogP contribution in [0.4, 0.5) is 14.9 Å². The Morgan fingerprint density at radius 2 is 1.65 bits per heavy atom. The van der Waals surface area contributed by atoms with E-state index in [1.165, 1.54) is 12.1 Å². The standard InChI is InChI=1S/C34H32FN3O5/c1-40-30-11-10-24(17-31(30)42-21-22-6-4-3-5-7-22)33-28(23-8-9-25(20-36)29(35)16-23)18-26(19-32(33)41-2)38-14-12-27(13-15-38)43-34(37)39/h3-11,16-19,27H,12-15,21H2,1-2H3,(H2,37,39). The van der Waals surface area contributed by atoms with Crippen molar-refractivity contribution in [1.29, 1.82) is 5.26 Å². The topological polar surface area (TPSA) is 107 Å². The first-order valence-corrected chi connectivity index (χ1v) is 13.9. The van der Waals surface area contributed by atoms with Gasteiger partial charge in [-0.1, -0.05) is 42.5 Å². The number of ether oxygens (including phenoxy) is 4. The number of nitriles is 1. The fourth-order valence-corrected chi connectivity index (χ4v) is 5.32. The first-order valence-electron chi connectivity index (χ1n) is 13.9. The van der Waals surface area contributed by atoms with Gasteiger partial charge in [-0.15, -0.1) is 0 Å². The number of rotatable bonds is 9. The predicted molar refractivity (Wildman–Crippen MR) is 162 cm³/mol. The number of hydrogen-bond acceptors (Lipinski definition) is 7. The molecule has 1 aliphatic heterocycles. The van der Waals surface area contributed by atoms with E-state index in [9.17, 15) is 14.4 Å². The second-order valence-corrected chi connectivity index (χ2v) is 10.1. The second kappa shape index (κ2) is 13.2. The third kappa shape index (κ3) is 6.65. The average molecular weight is 582 g/mol. The maximum absolute atomic E-state index is 14.9. The number of hydrogen-bond donors (Lipinski definition) is 1. The number of halogens is 1. The summed E-state index contributed by atoms with van der Waals surface area (Å²) in [6.07, 6.45) is 0.222. The molecule has 220 valence electrons. The summed E-state index contributed by atoms with van der Waals surface area (Å²) in [6, 6.07) is 25.8. The lowest BCUT2D eigenvalue weighted by Crippen LogP contribution is -2.38. The number of anilines is 1. The van der Waals surface area contributed by atoms with Gasteiger partial charge in [-0.05, 0) is 52.6 Å². The Morgan fingerprint density at radius 3 is 2.30 bits per heavy atom. The number of methoxy groups -OCH3 is 2. The molecule has 0 bridgehead atoms. The van der Waals surface area contributed by atoms with Crippen molar-refractivity contribution in [2.45, 2.75) is 25.6 Å². The molecule has 5 rings (SSSR count). The van der Waals surface area contributed by atoms with E-state index < -0.39 is 11.9 Å².